The molecular weight excluding hydrogens is 1690 g/mol. The van der Waals surface area contributed by atoms with E-state index in [-0.39, 0.29) is 0 Å². The summed E-state index contributed by atoms with van der Waals surface area (Å²) in [5, 5.41) is 30.3. The Morgan fingerprint density at radius 2 is 0.536 bits per heavy atom. The van der Waals surface area contributed by atoms with Crippen LogP contribution in [0.15, 0.2) is 491 Å². The second-order valence-corrected chi connectivity index (χ2v) is 36.8. The lowest BCUT2D eigenvalue weighted by Crippen LogP contribution is -2.09. The molecule has 0 saturated heterocycles. The predicted molar refractivity (Wildman–Crippen MR) is 587 cm³/mol. The molecule has 642 valence electrons. The topological polar surface area (TPSA) is 64.7 Å². The largest absolute Gasteiger partial charge is 0.310 e. The van der Waals surface area contributed by atoms with E-state index in [1.807, 2.05) is 47.7 Å². The van der Waals surface area contributed by atoms with E-state index in [9.17, 15) is 0 Å². The molecule has 0 N–H and O–H groups in total. The lowest BCUT2D eigenvalue weighted by atomic mass is 9.93. The summed E-state index contributed by atoms with van der Waals surface area (Å²) in [6.45, 7) is 0. The Balaban J connectivity index is 0.000000104. The van der Waals surface area contributed by atoms with Crippen molar-refractivity contribution in [2.45, 2.75) is 0 Å². The molecule has 138 heavy (non-hydrogen) atoms. The van der Waals surface area contributed by atoms with Crippen molar-refractivity contribution in [2.75, 3.05) is 4.90 Å². The van der Waals surface area contributed by atoms with Crippen molar-refractivity contribution in [3.63, 3.8) is 0 Å². The molecule has 0 unspecified atom stereocenters. The van der Waals surface area contributed by atoms with Gasteiger partial charge in [0.25, 0.3) is 0 Å². The number of fused-ring (bicyclic) bond motifs is 28. The highest BCUT2D eigenvalue weighted by Gasteiger charge is 2.26. The van der Waals surface area contributed by atoms with E-state index in [1.54, 1.807) is 0 Å². The Bertz CT molecular complexity index is 9920. The Kier molecular flexibility index (Phi) is 19.0. The van der Waals surface area contributed by atoms with Gasteiger partial charge < -0.3 is 4.90 Å². The maximum Gasteiger partial charge on any atom is 0.165 e. The molecule has 8 heteroatoms. The van der Waals surface area contributed by atoms with Crippen LogP contribution >= 0.6 is 11.3 Å². The first-order valence-corrected chi connectivity index (χ1v) is 47.9. The minimum absolute atomic E-state index is 0.827. The van der Waals surface area contributed by atoms with E-state index in [0.717, 1.165) is 95.3 Å². The quantitative estimate of drug-likeness (QED) is 0.128. The summed E-state index contributed by atoms with van der Waals surface area (Å²) in [5.41, 5.74) is 22.3. The second-order valence-electron chi connectivity index (χ2n) is 35.8. The molecule has 29 rings (SSSR count). The number of anilines is 3. The molecule has 0 spiro atoms. The summed E-state index contributed by atoms with van der Waals surface area (Å²) in [5.74, 6) is 1.65. The number of nitrogens with zero attached hydrogens (tertiary/aromatic N) is 7. The van der Waals surface area contributed by atoms with Gasteiger partial charge in [0, 0.05) is 75.3 Å². The van der Waals surface area contributed by atoms with Crippen LogP contribution in [0, 0.1) is 0 Å². The fourth-order valence-electron chi connectivity index (χ4n) is 21.5. The standard InChI is InChI=1S/2C44H27N3.C42H27NS/c1-2-10-28(11-3-1)29-18-22-32(23-19-29)43-44(46-38-16-8-7-15-37(38)45-43)47-39-17-9-6-14-36(39)42-35-25-24-31-21-20-30-12-4-5-13-33(30)41(31)34(35)26-27-40(42)47;1-2-10-28(11-3-1)29-18-22-32(23-19-29)42-44(46-39-16-8-7-15-38(39)45-42)47-40-17-9-6-14-34(40)36-27-26-35-37(43(36)47)25-24-31-21-20-30-12-4-5-13-33(30)41(31)35;1-3-11-33(12-4-1)43(34-13-5-2-6-14-34)35-15-9-10-29(25-35)30-22-23-36-31(24-30)20-18-28-19-21-32-26-39-37-16-7-8-17-40(37)44-41(39)27-38(32)42(28)36/h2*1-27H;1-27H. The van der Waals surface area contributed by atoms with Crippen LogP contribution in [0.4, 0.5) is 17.1 Å². The lowest BCUT2D eigenvalue weighted by Gasteiger charge is -2.26. The smallest absolute Gasteiger partial charge is 0.165 e. The van der Waals surface area contributed by atoms with Gasteiger partial charge in [-0.1, -0.05) is 388 Å². The highest BCUT2D eigenvalue weighted by molar-refractivity contribution is 7.25. The van der Waals surface area contributed by atoms with Crippen LogP contribution in [-0.4, -0.2) is 29.1 Å². The van der Waals surface area contributed by atoms with Crippen molar-refractivity contribution >= 4 is 211 Å². The van der Waals surface area contributed by atoms with Crippen LogP contribution in [0.1, 0.15) is 0 Å². The van der Waals surface area contributed by atoms with Crippen molar-refractivity contribution in [3.05, 3.63) is 491 Å². The molecule has 0 aliphatic heterocycles. The van der Waals surface area contributed by atoms with Gasteiger partial charge in [0.1, 0.15) is 11.4 Å². The number of rotatable bonds is 10. The Hall–Kier alpha value is -18.1. The third kappa shape index (κ3) is 13.5. The Morgan fingerprint density at radius 3 is 1.13 bits per heavy atom. The van der Waals surface area contributed by atoms with Crippen LogP contribution in [-0.2, 0) is 0 Å². The zero-order valence-corrected chi connectivity index (χ0v) is 75.6. The molecule has 0 aliphatic carbocycles. The van der Waals surface area contributed by atoms with Crippen molar-refractivity contribution in [3.8, 4) is 67.5 Å². The first-order valence-electron chi connectivity index (χ1n) is 47.0. The van der Waals surface area contributed by atoms with E-state index in [2.05, 4.69) is 469 Å². The fraction of sp³-hybridized carbons (Fsp3) is 0. The van der Waals surface area contributed by atoms with E-state index in [0.29, 0.717) is 0 Å². The van der Waals surface area contributed by atoms with Crippen LogP contribution in [0.25, 0.3) is 250 Å². The van der Waals surface area contributed by atoms with Gasteiger partial charge in [0.15, 0.2) is 11.6 Å². The minimum Gasteiger partial charge on any atom is -0.310 e. The fourth-order valence-corrected chi connectivity index (χ4v) is 22.6. The third-order valence-electron chi connectivity index (χ3n) is 27.9. The van der Waals surface area contributed by atoms with E-state index in [4.69, 9.17) is 19.9 Å². The predicted octanol–water partition coefficient (Wildman–Crippen LogP) is 35.7. The van der Waals surface area contributed by atoms with Crippen LogP contribution in [0.3, 0.4) is 0 Å². The van der Waals surface area contributed by atoms with Crippen molar-refractivity contribution in [2.24, 2.45) is 0 Å². The first-order chi connectivity index (χ1) is 68.4. The van der Waals surface area contributed by atoms with Crippen molar-refractivity contribution in [1.82, 2.24) is 29.1 Å². The maximum atomic E-state index is 5.39. The van der Waals surface area contributed by atoms with Gasteiger partial charge in [-0.05, 0) is 228 Å². The molecule has 0 amide bonds. The van der Waals surface area contributed by atoms with Crippen LogP contribution in [0.2, 0.25) is 0 Å². The molecule has 0 saturated carbocycles. The second kappa shape index (κ2) is 33.0. The molecule has 0 fully saturated rings. The maximum absolute atomic E-state index is 5.39. The summed E-state index contributed by atoms with van der Waals surface area (Å²) in [6.07, 6.45) is 0. The lowest BCUT2D eigenvalue weighted by molar-refractivity contribution is 1.08. The molecule has 24 aromatic carbocycles. The number of aromatic nitrogens is 6. The molecule has 0 bridgehead atoms. The molecule has 0 radical (unpaired) electrons. The summed E-state index contributed by atoms with van der Waals surface area (Å²) < 4.78 is 7.36. The zero-order valence-electron chi connectivity index (χ0n) is 74.8. The van der Waals surface area contributed by atoms with Gasteiger partial charge in [0.2, 0.25) is 0 Å². The number of hydrogen-bond acceptors (Lipinski definition) is 6. The van der Waals surface area contributed by atoms with Gasteiger partial charge in [-0.2, -0.15) is 0 Å². The van der Waals surface area contributed by atoms with Crippen molar-refractivity contribution < 1.29 is 0 Å². The van der Waals surface area contributed by atoms with Crippen LogP contribution in [0.5, 0.6) is 0 Å². The molecule has 7 nitrogen and oxygen atoms in total. The number of thiophene rings is 1. The highest BCUT2D eigenvalue weighted by Crippen LogP contribution is 2.48. The highest BCUT2D eigenvalue weighted by atomic mass is 32.1. The van der Waals surface area contributed by atoms with Crippen molar-refractivity contribution in [1.29, 1.82) is 0 Å². The number of benzene rings is 24. The average Bonchev–Trinajstić information content (AvgIpc) is 1.55. The summed E-state index contributed by atoms with van der Waals surface area (Å²) >= 11 is 1.89. The van der Waals surface area contributed by atoms with Gasteiger partial charge in [-0.25, -0.2) is 19.9 Å². The van der Waals surface area contributed by atoms with Gasteiger partial charge in [-0.15, -0.1) is 11.3 Å². The summed E-state index contributed by atoms with van der Waals surface area (Å²) in [4.78, 5) is 23.6. The SMILES string of the molecule is c1ccc(-c2ccc(-c3nc4ccccc4nc3-n3c4ccccc4c4c5ccc6ccc7ccccc7c6c5ccc43)cc2)cc1.c1ccc(-c2ccc(-c3nc4ccccc4nc3-n3c4ccccc4c4ccc5c(ccc6ccc7ccccc7c65)c43)cc2)cc1.c1ccc(N(c2ccccc2)c2cccc(-c3ccc4c(ccc5ccc6cc7c(cc6c54)sc4ccccc47)c3)c2)cc1. The first kappa shape index (κ1) is 79.6. The van der Waals surface area contributed by atoms with E-state index in [1.165, 1.54) is 172 Å². The van der Waals surface area contributed by atoms with Crippen LogP contribution < -0.4 is 4.90 Å². The Morgan fingerprint density at radius 1 is 0.174 bits per heavy atom. The summed E-state index contributed by atoms with van der Waals surface area (Å²) in [7, 11) is 0. The molecule has 0 aliphatic rings. The third-order valence-corrected chi connectivity index (χ3v) is 29.0. The number of para-hydroxylation sites is 8. The molecule has 5 heterocycles. The monoisotopic (exact) mass is 1770 g/mol. The van der Waals surface area contributed by atoms with E-state index < -0.39 is 0 Å². The minimum atomic E-state index is 0.827. The average molecular weight is 1770 g/mol. The molecule has 5 aromatic heterocycles. The van der Waals surface area contributed by atoms with Gasteiger partial charge in [0.05, 0.1) is 44.1 Å². The molecule has 29 aromatic rings. The summed E-state index contributed by atoms with van der Waals surface area (Å²) in [6, 6.07) is 176. The zero-order chi connectivity index (χ0) is 90.8. The van der Waals surface area contributed by atoms with E-state index >= 15 is 0 Å². The molecular formula is C130H81N7S. The molecule has 0 atom stereocenters. The number of hydrogen-bond donors (Lipinski definition) is 0. The normalized spacial score (nSPS) is 11.8. The van der Waals surface area contributed by atoms with Gasteiger partial charge >= 0.3 is 0 Å². The van der Waals surface area contributed by atoms with Gasteiger partial charge in [-0.3, -0.25) is 9.13 Å². The Labute approximate surface area is 798 Å².